The van der Waals surface area contributed by atoms with Crippen molar-refractivity contribution in [3.63, 3.8) is 0 Å². The molecule has 1 amide bonds. The summed E-state index contributed by atoms with van der Waals surface area (Å²) < 4.78 is 0. The zero-order chi connectivity index (χ0) is 18.5. The summed E-state index contributed by atoms with van der Waals surface area (Å²) in [5.74, 6) is -0.412. The molecule has 0 atom stereocenters. The number of hydrogen-bond donors (Lipinski definition) is 2. The van der Waals surface area contributed by atoms with E-state index in [-0.39, 0.29) is 17.2 Å². The lowest BCUT2D eigenvalue weighted by Gasteiger charge is -2.32. The van der Waals surface area contributed by atoms with Crippen molar-refractivity contribution in [3.8, 4) is 5.75 Å². The predicted molar refractivity (Wildman–Crippen MR) is 104 cm³/mol. The van der Waals surface area contributed by atoms with Crippen LogP contribution in [0.5, 0.6) is 5.75 Å². The number of halogens is 1. The monoisotopic (exact) mass is 373 g/mol. The number of nitrogens with zero attached hydrogens (tertiary/aromatic N) is 2. The van der Waals surface area contributed by atoms with Gasteiger partial charge in [0.15, 0.2) is 0 Å². The molecule has 1 aliphatic rings. The van der Waals surface area contributed by atoms with Gasteiger partial charge in [0.25, 0.3) is 5.91 Å². The van der Waals surface area contributed by atoms with Crippen LogP contribution in [-0.4, -0.2) is 54.0 Å². The summed E-state index contributed by atoms with van der Waals surface area (Å²) in [6.07, 6.45) is 0. The molecular formula is C20H24ClN3O2. The number of rotatable bonds is 5. The molecule has 2 aromatic rings. The number of carbonyl (C=O) groups is 1. The Labute approximate surface area is 159 Å². The SMILES string of the molecule is CN1CCN(Cc2cccc(CNC(=O)c3cc(Cl)ccc3O)c2)CC1. The molecule has 1 heterocycles. The maximum Gasteiger partial charge on any atom is 0.255 e. The zero-order valence-corrected chi connectivity index (χ0v) is 15.7. The van der Waals surface area contributed by atoms with E-state index >= 15 is 0 Å². The molecule has 0 saturated carbocycles. The molecule has 5 nitrogen and oxygen atoms in total. The van der Waals surface area contributed by atoms with Crippen LogP contribution in [0, 0.1) is 0 Å². The van der Waals surface area contributed by atoms with Gasteiger partial charge in [-0.3, -0.25) is 9.69 Å². The highest BCUT2D eigenvalue weighted by Gasteiger charge is 2.14. The third kappa shape index (κ3) is 4.97. The van der Waals surface area contributed by atoms with E-state index in [2.05, 4.69) is 34.3 Å². The smallest absolute Gasteiger partial charge is 0.255 e. The minimum atomic E-state index is -0.338. The van der Waals surface area contributed by atoms with E-state index < -0.39 is 0 Å². The third-order valence-electron chi connectivity index (χ3n) is 4.65. The summed E-state index contributed by atoms with van der Waals surface area (Å²) in [5.41, 5.74) is 2.46. The van der Waals surface area contributed by atoms with Crippen LogP contribution in [0.15, 0.2) is 42.5 Å². The summed E-state index contributed by atoms with van der Waals surface area (Å²) in [5, 5.41) is 13.1. The molecule has 0 bridgehead atoms. The highest BCUT2D eigenvalue weighted by Crippen LogP contribution is 2.21. The quantitative estimate of drug-likeness (QED) is 0.846. The van der Waals surface area contributed by atoms with Crippen molar-refractivity contribution < 1.29 is 9.90 Å². The maximum atomic E-state index is 12.3. The lowest BCUT2D eigenvalue weighted by atomic mass is 10.1. The fourth-order valence-electron chi connectivity index (χ4n) is 3.07. The molecule has 0 unspecified atom stereocenters. The molecule has 6 heteroatoms. The van der Waals surface area contributed by atoms with Gasteiger partial charge in [0.05, 0.1) is 5.56 Å². The van der Waals surface area contributed by atoms with Gasteiger partial charge in [-0.2, -0.15) is 0 Å². The molecular weight excluding hydrogens is 350 g/mol. The Morgan fingerprint density at radius 2 is 1.85 bits per heavy atom. The first kappa shape index (κ1) is 18.7. The number of phenolic OH excluding ortho intramolecular Hbond substituents is 1. The minimum absolute atomic E-state index is 0.0734. The fourth-order valence-corrected chi connectivity index (χ4v) is 3.24. The minimum Gasteiger partial charge on any atom is -0.507 e. The standard InChI is InChI=1S/C20H24ClN3O2/c1-23-7-9-24(10-8-23)14-16-4-2-3-15(11-16)13-22-20(26)18-12-17(21)5-6-19(18)25/h2-6,11-12,25H,7-10,13-14H2,1H3,(H,22,26). The molecule has 0 radical (unpaired) electrons. The molecule has 0 spiro atoms. The predicted octanol–water partition coefficient (Wildman–Crippen LogP) is 2.72. The van der Waals surface area contributed by atoms with Crippen molar-refractivity contribution >= 4 is 17.5 Å². The highest BCUT2D eigenvalue weighted by atomic mass is 35.5. The maximum absolute atomic E-state index is 12.3. The van der Waals surface area contributed by atoms with E-state index in [0.717, 1.165) is 38.3 Å². The van der Waals surface area contributed by atoms with E-state index in [4.69, 9.17) is 11.6 Å². The number of hydrogen-bond acceptors (Lipinski definition) is 4. The van der Waals surface area contributed by atoms with E-state index in [1.54, 1.807) is 6.07 Å². The van der Waals surface area contributed by atoms with Crippen molar-refractivity contribution in [2.24, 2.45) is 0 Å². The second-order valence-corrected chi connectivity index (χ2v) is 7.18. The summed E-state index contributed by atoms with van der Waals surface area (Å²) in [4.78, 5) is 17.1. The first-order chi connectivity index (χ1) is 12.5. The fraction of sp³-hybridized carbons (Fsp3) is 0.350. The Bertz CT molecular complexity index is 773. The normalized spacial score (nSPS) is 15.8. The average molecular weight is 374 g/mol. The van der Waals surface area contributed by atoms with Crippen molar-refractivity contribution in [2.45, 2.75) is 13.1 Å². The van der Waals surface area contributed by atoms with E-state index in [9.17, 15) is 9.90 Å². The van der Waals surface area contributed by atoms with Gasteiger partial charge in [-0.15, -0.1) is 0 Å². The van der Waals surface area contributed by atoms with E-state index in [0.29, 0.717) is 11.6 Å². The average Bonchev–Trinajstić information content (AvgIpc) is 2.64. The van der Waals surface area contributed by atoms with E-state index in [1.165, 1.54) is 17.7 Å². The Balaban J connectivity index is 1.58. The molecule has 2 N–H and O–H groups in total. The number of benzene rings is 2. The highest BCUT2D eigenvalue weighted by molar-refractivity contribution is 6.31. The number of aromatic hydroxyl groups is 1. The second kappa shape index (κ2) is 8.54. The Morgan fingerprint density at radius 1 is 1.12 bits per heavy atom. The van der Waals surface area contributed by atoms with Crippen LogP contribution < -0.4 is 5.32 Å². The molecule has 0 aliphatic carbocycles. The lowest BCUT2D eigenvalue weighted by Crippen LogP contribution is -2.43. The van der Waals surface area contributed by atoms with Gasteiger partial charge < -0.3 is 15.3 Å². The molecule has 2 aromatic carbocycles. The lowest BCUT2D eigenvalue weighted by molar-refractivity contribution is 0.0948. The van der Waals surface area contributed by atoms with Crippen molar-refractivity contribution in [1.29, 1.82) is 0 Å². The molecule has 1 aliphatic heterocycles. The van der Waals surface area contributed by atoms with Crippen LogP contribution >= 0.6 is 11.6 Å². The largest absolute Gasteiger partial charge is 0.507 e. The van der Waals surface area contributed by atoms with Crippen LogP contribution in [0.1, 0.15) is 21.5 Å². The van der Waals surface area contributed by atoms with Crippen LogP contribution in [0.25, 0.3) is 0 Å². The molecule has 0 aromatic heterocycles. The molecule has 26 heavy (non-hydrogen) atoms. The summed E-state index contributed by atoms with van der Waals surface area (Å²) in [7, 11) is 2.15. The number of nitrogens with one attached hydrogen (secondary N) is 1. The van der Waals surface area contributed by atoms with Crippen LogP contribution in [-0.2, 0) is 13.1 Å². The van der Waals surface area contributed by atoms with Gasteiger partial charge >= 0.3 is 0 Å². The first-order valence-corrected chi connectivity index (χ1v) is 9.14. The van der Waals surface area contributed by atoms with Crippen molar-refractivity contribution in [2.75, 3.05) is 33.2 Å². The van der Waals surface area contributed by atoms with Gasteiger partial charge in [-0.1, -0.05) is 35.9 Å². The van der Waals surface area contributed by atoms with Gasteiger partial charge in [-0.25, -0.2) is 0 Å². The van der Waals surface area contributed by atoms with Gasteiger partial charge in [0, 0.05) is 44.3 Å². The number of amides is 1. The van der Waals surface area contributed by atoms with Crippen LogP contribution in [0.3, 0.4) is 0 Å². The summed E-state index contributed by atoms with van der Waals surface area (Å²) in [6, 6.07) is 12.7. The number of piperazine rings is 1. The Morgan fingerprint density at radius 3 is 2.62 bits per heavy atom. The molecule has 138 valence electrons. The Hall–Kier alpha value is -2.08. The molecule has 1 fully saturated rings. The summed E-state index contributed by atoms with van der Waals surface area (Å²) >= 11 is 5.90. The van der Waals surface area contributed by atoms with Crippen molar-refractivity contribution in [3.05, 3.63) is 64.2 Å². The van der Waals surface area contributed by atoms with Crippen LogP contribution in [0.2, 0.25) is 5.02 Å². The van der Waals surface area contributed by atoms with Gasteiger partial charge in [0.1, 0.15) is 5.75 Å². The topological polar surface area (TPSA) is 55.8 Å². The van der Waals surface area contributed by atoms with Crippen molar-refractivity contribution in [1.82, 2.24) is 15.1 Å². The number of phenols is 1. The number of likely N-dealkylation sites (N-methyl/N-ethyl adjacent to an activating group) is 1. The molecule has 1 saturated heterocycles. The van der Waals surface area contributed by atoms with E-state index in [1.807, 2.05) is 12.1 Å². The van der Waals surface area contributed by atoms with Crippen LogP contribution in [0.4, 0.5) is 0 Å². The van der Waals surface area contributed by atoms with Gasteiger partial charge in [0.2, 0.25) is 0 Å². The zero-order valence-electron chi connectivity index (χ0n) is 14.9. The first-order valence-electron chi connectivity index (χ1n) is 8.77. The number of carbonyl (C=O) groups excluding carboxylic acids is 1. The molecule has 3 rings (SSSR count). The third-order valence-corrected chi connectivity index (χ3v) is 4.88. The van der Waals surface area contributed by atoms with Gasteiger partial charge in [-0.05, 0) is 36.4 Å². The Kier molecular flexibility index (Phi) is 6.14. The second-order valence-electron chi connectivity index (χ2n) is 6.74. The summed E-state index contributed by atoms with van der Waals surface area (Å²) in [6.45, 7) is 5.67.